The largest absolute Gasteiger partial charge is 0.334 e. The van der Waals surface area contributed by atoms with Crippen molar-refractivity contribution in [2.75, 3.05) is 7.05 Å². The number of likely N-dealkylation sites (N-methyl/N-ethyl adjacent to an activating group) is 1. The molecule has 0 aromatic heterocycles. The van der Waals surface area contributed by atoms with E-state index in [0.717, 1.165) is 5.56 Å². The molecule has 5 heteroatoms. The van der Waals surface area contributed by atoms with Gasteiger partial charge in [-0.3, -0.25) is 15.0 Å². The Morgan fingerprint density at radius 2 is 1.77 bits per heavy atom. The van der Waals surface area contributed by atoms with Crippen LogP contribution < -0.4 is 10.6 Å². The minimum atomic E-state index is -0.481. The van der Waals surface area contributed by atoms with Gasteiger partial charge in [-0.15, -0.1) is 0 Å². The molecule has 0 fully saturated rings. The molecular weight excluding hydrogens is 326 g/mol. The summed E-state index contributed by atoms with van der Waals surface area (Å²) < 4.78 is 0. The smallest absolute Gasteiger partial charge is 0.321 e. The highest BCUT2D eigenvalue weighted by Gasteiger charge is 2.20. The number of hydrogen-bond acceptors (Lipinski definition) is 3. The van der Waals surface area contributed by atoms with Crippen LogP contribution in [0.2, 0.25) is 0 Å². The van der Waals surface area contributed by atoms with E-state index in [0.29, 0.717) is 13.1 Å². The molecular formula is C21H27N3O2. The molecule has 0 radical (unpaired) electrons. The van der Waals surface area contributed by atoms with E-state index in [1.807, 2.05) is 42.3 Å². The standard InChI is InChI=1S/C21H27N3O2/c1-15-10-11-19(16(2)12-15)14-24(4)17(3)20(25)23-21(26)22-13-18-8-6-5-7-9-18/h5-12,17H,13-14H2,1-4H3,(H2,22,23,25,26). The van der Waals surface area contributed by atoms with Crippen molar-refractivity contribution in [1.82, 2.24) is 15.5 Å². The second kappa shape index (κ2) is 9.15. The van der Waals surface area contributed by atoms with E-state index >= 15 is 0 Å². The molecule has 0 saturated carbocycles. The van der Waals surface area contributed by atoms with Crippen LogP contribution in [-0.4, -0.2) is 29.9 Å². The van der Waals surface area contributed by atoms with Crippen molar-refractivity contribution in [1.29, 1.82) is 0 Å². The Morgan fingerprint density at radius 1 is 1.08 bits per heavy atom. The third-order valence-corrected chi connectivity index (χ3v) is 4.49. The summed E-state index contributed by atoms with van der Waals surface area (Å²) in [5.74, 6) is -0.317. The summed E-state index contributed by atoms with van der Waals surface area (Å²) in [7, 11) is 1.88. The zero-order valence-corrected chi connectivity index (χ0v) is 15.9. The average Bonchev–Trinajstić information content (AvgIpc) is 2.62. The topological polar surface area (TPSA) is 61.4 Å². The second-order valence-electron chi connectivity index (χ2n) is 6.68. The van der Waals surface area contributed by atoms with Gasteiger partial charge in [-0.05, 0) is 44.5 Å². The Hall–Kier alpha value is -2.66. The summed E-state index contributed by atoms with van der Waals surface area (Å²) in [5.41, 5.74) is 4.57. The number of benzene rings is 2. The summed E-state index contributed by atoms with van der Waals surface area (Å²) >= 11 is 0. The van der Waals surface area contributed by atoms with Crippen LogP contribution in [0.15, 0.2) is 48.5 Å². The fraction of sp³-hybridized carbons (Fsp3) is 0.333. The van der Waals surface area contributed by atoms with E-state index in [1.54, 1.807) is 6.92 Å². The third kappa shape index (κ3) is 5.70. The lowest BCUT2D eigenvalue weighted by Crippen LogP contribution is -2.48. The molecule has 0 spiro atoms. The number of nitrogens with zero attached hydrogens (tertiary/aromatic N) is 1. The van der Waals surface area contributed by atoms with Gasteiger partial charge in [-0.25, -0.2) is 4.79 Å². The van der Waals surface area contributed by atoms with Gasteiger partial charge in [-0.2, -0.15) is 0 Å². The lowest BCUT2D eigenvalue weighted by Gasteiger charge is -2.24. The summed E-state index contributed by atoms with van der Waals surface area (Å²) in [6.07, 6.45) is 0. The molecule has 1 atom stereocenters. The minimum absolute atomic E-state index is 0.317. The highest BCUT2D eigenvalue weighted by molar-refractivity contribution is 5.96. The van der Waals surface area contributed by atoms with Gasteiger partial charge in [0.25, 0.3) is 0 Å². The molecule has 3 amide bonds. The molecule has 5 nitrogen and oxygen atoms in total. The maximum Gasteiger partial charge on any atom is 0.321 e. The molecule has 2 aromatic carbocycles. The Morgan fingerprint density at radius 3 is 2.42 bits per heavy atom. The maximum absolute atomic E-state index is 12.3. The van der Waals surface area contributed by atoms with Gasteiger partial charge in [0.15, 0.2) is 0 Å². The monoisotopic (exact) mass is 353 g/mol. The van der Waals surface area contributed by atoms with Crippen molar-refractivity contribution in [3.63, 3.8) is 0 Å². The van der Waals surface area contributed by atoms with Crippen molar-refractivity contribution in [2.24, 2.45) is 0 Å². The lowest BCUT2D eigenvalue weighted by molar-refractivity contribution is -0.124. The zero-order chi connectivity index (χ0) is 19.1. The lowest BCUT2D eigenvalue weighted by atomic mass is 10.0. The number of urea groups is 1. The van der Waals surface area contributed by atoms with Gasteiger partial charge in [-0.1, -0.05) is 54.1 Å². The van der Waals surface area contributed by atoms with Crippen LogP contribution >= 0.6 is 0 Å². The predicted octanol–water partition coefficient (Wildman–Crippen LogP) is 3.15. The summed E-state index contributed by atoms with van der Waals surface area (Å²) in [4.78, 5) is 26.2. The molecule has 0 aliphatic heterocycles. The van der Waals surface area contributed by atoms with Gasteiger partial charge in [0.1, 0.15) is 0 Å². The van der Waals surface area contributed by atoms with Gasteiger partial charge in [0.05, 0.1) is 6.04 Å². The number of amides is 3. The quantitative estimate of drug-likeness (QED) is 0.839. The van der Waals surface area contributed by atoms with E-state index < -0.39 is 12.1 Å². The van der Waals surface area contributed by atoms with E-state index in [1.165, 1.54) is 16.7 Å². The van der Waals surface area contributed by atoms with Gasteiger partial charge in [0.2, 0.25) is 5.91 Å². The van der Waals surface area contributed by atoms with E-state index in [9.17, 15) is 9.59 Å². The van der Waals surface area contributed by atoms with Crippen molar-refractivity contribution < 1.29 is 9.59 Å². The van der Waals surface area contributed by atoms with E-state index in [4.69, 9.17) is 0 Å². The molecule has 0 bridgehead atoms. The summed E-state index contributed by atoms with van der Waals surface area (Å²) in [6, 6.07) is 14.9. The first kappa shape index (κ1) is 19.7. The Kier molecular flexibility index (Phi) is 6.92. The van der Waals surface area contributed by atoms with Gasteiger partial charge in [0, 0.05) is 13.1 Å². The number of carbonyl (C=O) groups is 2. The second-order valence-corrected chi connectivity index (χ2v) is 6.68. The van der Waals surface area contributed by atoms with Gasteiger partial charge >= 0.3 is 6.03 Å². The number of aryl methyl sites for hydroxylation is 2. The SMILES string of the molecule is Cc1ccc(CN(C)C(C)C(=O)NC(=O)NCc2ccccc2)c(C)c1. The van der Waals surface area contributed by atoms with Crippen LogP contribution in [-0.2, 0) is 17.9 Å². The minimum Gasteiger partial charge on any atom is -0.334 e. The van der Waals surface area contributed by atoms with Crippen LogP contribution in [0.5, 0.6) is 0 Å². The number of carbonyl (C=O) groups excluding carboxylic acids is 2. The number of rotatable bonds is 6. The molecule has 0 heterocycles. The molecule has 138 valence electrons. The van der Waals surface area contributed by atoms with Crippen LogP contribution in [0.1, 0.15) is 29.2 Å². The molecule has 0 aliphatic carbocycles. The summed E-state index contributed by atoms with van der Waals surface area (Å²) in [6.45, 7) is 6.95. The van der Waals surface area contributed by atoms with Crippen LogP contribution in [0.4, 0.5) is 4.79 Å². The highest BCUT2D eigenvalue weighted by atomic mass is 16.2. The number of imide groups is 1. The maximum atomic E-state index is 12.3. The summed E-state index contributed by atoms with van der Waals surface area (Å²) in [5, 5.41) is 5.11. The molecule has 2 aromatic rings. The first-order valence-electron chi connectivity index (χ1n) is 8.76. The van der Waals surface area contributed by atoms with E-state index in [-0.39, 0.29) is 5.91 Å². The van der Waals surface area contributed by atoms with Crippen LogP contribution in [0.25, 0.3) is 0 Å². The van der Waals surface area contributed by atoms with E-state index in [2.05, 4.69) is 42.7 Å². The molecule has 26 heavy (non-hydrogen) atoms. The van der Waals surface area contributed by atoms with Crippen molar-refractivity contribution in [2.45, 2.75) is 39.9 Å². The molecule has 0 saturated heterocycles. The Bertz CT molecular complexity index is 759. The fourth-order valence-corrected chi connectivity index (χ4v) is 2.67. The molecule has 2 N–H and O–H groups in total. The first-order valence-corrected chi connectivity index (χ1v) is 8.76. The van der Waals surface area contributed by atoms with Crippen LogP contribution in [0.3, 0.4) is 0 Å². The Labute approximate surface area is 155 Å². The number of hydrogen-bond donors (Lipinski definition) is 2. The molecule has 2 rings (SSSR count). The number of nitrogens with one attached hydrogen (secondary N) is 2. The van der Waals surface area contributed by atoms with Crippen molar-refractivity contribution >= 4 is 11.9 Å². The highest BCUT2D eigenvalue weighted by Crippen LogP contribution is 2.13. The zero-order valence-electron chi connectivity index (χ0n) is 15.9. The van der Waals surface area contributed by atoms with Crippen molar-refractivity contribution in [3.05, 3.63) is 70.8 Å². The molecule has 0 aliphatic rings. The fourth-order valence-electron chi connectivity index (χ4n) is 2.67. The normalized spacial score (nSPS) is 11.9. The molecule has 1 unspecified atom stereocenters. The third-order valence-electron chi connectivity index (χ3n) is 4.49. The van der Waals surface area contributed by atoms with Crippen molar-refractivity contribution in [3.8, 4) is 0 Å². The predicted molar refractivity (Wildman–Crippen MR) is 104 cm³/mol. The Balaban J connectivity index is 1.84. The average molecular weight is 353 g/mol. The van der Waals surface area contributed by atoms with Crippen LogP contribution in [0, 0.1) is 13.8 Å². The first-order chi connectivity index (χ1) is 12.4. The van der Waals surface area contributed by atoms with Gasteiger partial charge < -0.3 is 5.32 Å².